The van der Waals surface area contributed by atoms with Crippen molar-refractivity contribution in [1.29, 1.82) is 5.26 Å². The van der Waals surface area contributed by atoms with Crippen molar-refractivity contribution in [3.8, 4) is 17.6 Å². The Bertz CT molecular complexity index is 1080. The summed E-state index contributed by atoms with van der Waals surface area (Å²) in [6.45, 7) is 10.5. The minimum Gasteiger partial charge on any atom is -0.497 e. The molecule has 33 heavy (non-hydrogen) atoms. The number of rotatable bonds is 8. The Morgan fingerprint density at radius 3 is 2.18 bits per heavy atom. The predicted octanol–water partition coefficient (Wildman–Crippen LogP) is 7.22. The fourth-order valence-corrected chi connectivity index (χ4v) is 3.60. The smallest absolute Gasteiger partial charge is 0.188 e. The van der Waals surface area contributed by atoms with Crippen LogP contribution in [-0.2, 0) is 6.61 Å². The Balaban J connectivity index is 0.00000187. The van der Waals surface area contributed by atoms with E-state index in [4.69, 9.17) is 9.47 Å². The van der Waals surface area contributed by atoms with Gasteiger partial charge < -0.3 is 9.47 Å². The van der Waals surface area contributed by atoms with Gasteiger partial charge in [-0.15, -0.1) is 0 Å². The zero-order valence-electron chi connectivity index (χ0n) is 20.4. The summed E-state index contributed by atoms with van der Waals surface area (Å²) in [5, 5.41) is 9.83. The van der Waals surface area contributed by atoms with E-state index in [1.807, 2.05) is 63.2 Å². The van der Waals surface area contributed by atoms with Gasteiger partial charge >= 0.3 is 0 Å². The summed E-state index contributed by atoms with van der Waals surface area (Å²) in [7, 11) is 1.58. The average molecular weight is 444 g/mol. The minimum atomic E-state index is -0.923. The SMILES string of the molecule is CC.COc1ccc(C(C#N)C(=O)c2cc(C(C)C)c(C)cc2OCc2ccccc2)cc1. The van der Waals surface area contributed by atoms with Crippen molar-refractivity contribution in [3.05, 3.63) is 94.5 Å². The lowest BCUT2D eigenvalue weighted by atomic mass is 9.88. The molecule has 0 spiro atoms. The lowest BCUT2D eigenvalue weighted by Gasteiger charge is -2.18. The monoisotopic (exact) mass is 443 g/mol. The molecule has 3 rings (SSSR count). The summed E-state index contributed by atoms with van der Waals surface area (Å²) >= 11 is 0. The number of nitriles is 1. The maximum Gasteiger partial charge on any atom is 0.188 e. The summed E-state index contributed by atoms with van der Waals surface area (Å²) in [4.78, 5) is 13.5. The van der Waals surface area contributed by atoms with E-state index in [-0.39, 0.29) is 11.7 Å². The van der Waals surface area contributed by atoms with Crippen molar-refractivity contribution in [2.75, 3.05) is 7.11 Å². The predicted molar refractivity (Wildman–Crippen MR) is 133 cm³/mol. The Morgan fingerprint density at radius 1 is 1.00 bits per heavy atom. The van der Waals surface area contributed by atoms with Crippen LogP contribution in [0.3, 0.4) is 0 Å². The summed E-state index contributed by atoms with van der Waals surface area (Å²) < 4.78 is 11.3. The van der Waals surface area contributed by atoms with E-state index in [2.05, 4.69) is 19.9 Å². The average Bonchev–Trinajstić information content (AvgIpc) is 2.85. The second kappa shape index (κ2) is 12.5. The van der Waals surface area contributed by atoms with Crippen molar-refractivity contribution in [2.24, 2.45) is 0 Å². The standard InChI is InChI=1S/C27H27NO3.C2H6/c1-18(2)23-15-24(26(14-19(23)3)31-17-20-8-6-5-7-9-20)27(29)25(16-28)21-10-12-22(30-4)13-11-21;1-2/h5-15,18,25H,17H2,1-4H3;1-2H3. The number of methoxy groups -OCH3 is 1. The molecule has 1 unspecified atom stereocenters. The van der Waals surface area contributed by atoms with Crippen LogP contribution < -0.4 is 9.47 Å². The molecule has 3 aromatic carbocycles. The van der Waals surface area contributed by atoms with Crippen molar-refractivity contribution in [1.82, 2.24) is 0 Å². The highest BCUT2D eigenvalue weighted by molar-refractivity contribution is 6.05. The number of carbonyl (C=O) groups is 1. The van der Waals surface area contributed by atoms with Gasteiger partial charge in [-0.1, -0.05) is 70.2 Å². The second-order valence-corrected chi connectivity index (χ2v) is 7.83. The van der Waals surface area contributed by atoms with Gasteiger partial charge in [-0.2, -0.15) is 5.26 Å². The molecular formula is C29H33NO3. The zero-order chi connectivity index (χ0) is 24.4. The first kappa shape index (κ1) is 25.7. The third-order valence-electron chi connectivity index (χ3n) is 5.33. The van der Waals surface area contributed by atoms with Gasteiger partial charge in [0, 0.05) is 0 Å². The molecule has 4 heteroatoms. The Labute approximate surface area is 197 Å². The second-order valence-electron chi connectivity index (χ2n) is 7.83. The number of carbonyl (C=O) groups excluding carboxylic acids is 1. The van der Waals surface area contributed by atoms with Crippen LogP contribution in [0.5, 0.6) is 11.5 Å². The molecule has 4 nitrogen and oxygen atoms in total. The molecule has 0 aliphatic heterocycles. The van der Waals surface area contributed by atoms with Gasteiger partial charge in [0.15, 0.2) is 5.78 Å². The van der Waals surface area contributed by atoms with Crippen molar-refractivity contribution >= 4 is 5.78 Å². The van der Waals surface area contributed by atoms with Crippen LogP contribution >= 0.6 is 0 Å². The van der Waals surface area contributed by atoms with Crippen LogP contribution in [0.15, 0.2) is 66.7 Å². The molecule has 172 valence electrons. The maximum absolute atomic E-state index is 13.5. The molecule has 0 bridgehead atoms. The molecule has 0 aromatic heterocycles. The van der Waals surface area contributed by atoms with E-state index in [0.29, 0.717) is 29.2 Å². The number of ketones is 1. The maximum atomic E-state index is 13.5. The number of ether oxygens (including phenoxy) is 2. The molecule has 3 aromatic rings. The van der Waals surface area contributed by atoms with Crippen LogP contribution in [0, 0.1) is 18.3 Å². The van der Waals surface area contributed by atoms with E-state index < -0.39 is 5.92 Å². The first-order valence-corrected chi connectivity index (χ1v) is 11.3. The van der Waals surface area contributed by atoms with Gasteiger partial charge in [-0.3, -0.25) is 4.79 Å². The fraction of sp³-hybridized carbons (Fsp3) is 0.310. The van der Waals surface area contributed by atoms with Crippen LogP contribution in [0.1, 0.15) is 72.1 Å². The van der Waals surface area contributed by atoms with E-state index in [0.717, 1.165) is 16.7 Å². The lowest BCUT2D eigenvalue weighted by Crippen LogP contribution is -2.14. The van der Waals surface area contributed by atoms with E-state index in [9.17, 15) is 10.1 Å². The van der Waals surface area contributed by atoms with Gasteiger partial charge in [0.05, 0.1) is 18.7 Å². The number of hydrogen-bond donors (Lipinski definition) is 0. The number of benzene rings is 3. The number of Topliss-reactive ketones (excluding diaryl/α,β-unsaturated/α-hetero) is 1. The lowest BCUT2D eigenvalue weighted by molar-refractivity contribution is 0.0974. The van der Waals surface area contributed by atoms with Gasteiger partial charge in [0.1, 0.15) is 24.0 Å². The highest BCUT2D eigenvalue weighted by Gasteiger charge is 2.26. The van der Waals surface area contributed by atoms with Gasteiger partial charge in [-0.25, -0.2) is 0 Å². The number of nitrogens with zero attached hydrogens (tertiary/aromatic N) is 1. The normalized spacial score (nSPS) is 11.1. The van der Waals surface area contributed by atoms with Gasteiger partial charge in [0.2, 0.25) is 0 Å². The summed E-state index contributed by atoms with van der Waals surface area (Å²) in [6.07, 6.45) is 0. The highest BCUT2D eigenvalue weighted by atomic mass is 16.5. The third kappa shape index (κ3) is 6.46. The van der Waals surface area contributed by atoms with Gasteiger partial charge in [-0.05, 0) is 59.4 Å². The van der Waals surface area contributed by atoms with E-state index in [1.165, 1.54) is 0 Å². The van der Waals surface area contributed by atoms with Crippen LogP contribution in [0.4, 0.5) is 0 Å². The van der Waals surface area contributed by atoms with E-state index in [1.54, 1.807) is 31.4 Å². The summed E-state index contributed by atoms with van der Waals surface area (Å²) in [5.41, 5.74) is 4.22. The summed E-state index contributed by atoms with van der Waals surface area (Å²) in [5.74, 6) is 0.239. The zero-order valence-corrected chi connectivity index (χ0v) is 20.4. The number of aryl methyl sites for hydroxylation is 1. The Morgan fingerprint density at radius 2 is 1.64 bits per heavy atom. The largest absolute Gasteiger partial charge is 0.497 e. The molecule has 0 aliphatic rings. The molecule has 0 fully saturated rings. The minimum absolute atomic E-state index is 0.247. The molecule has 0 radical (unpaired) electrons. The summed E-state index contributed by atoms with van der Waals surface area (Å²) in [6, 6.07) is 22.8. The quantitative estimate of drug-likeness (QED) is 0.345. The van der Waals surface area contributed by atoms with Gasteiger partial charge in [0.25, 0.3) is 0 Å². The Kier molecular flexibility index (Phi) is 9.69. The van der Waals surface area contributed by atoms with Crippen LogP contribution in [-0.4, -0.2) is 12.9 Å². The van der Waals surface area contributed by atoms with Crippen molar-refractivity contribution < 1.29 is 14.3 Å². The molecule has 1 atom stereocenters. The molecule has 0 saturated heterocycles. The van der Waals surface area contributed by atoms with Crippen molar-refractivity contribution in [2.45, 2.75) is 53.1 Å². The van der Waals surface area contributed by atoms with Crippen LogP contribution in [0.25, 0.3) is 0 Å². The molecular weight excluding hydrogens is 410 g/mol. The number of hydrogen-bond acceptors (Lipinski definition) is 4. The first-order chi connectivity index (χ1) is 15.9. The molecule has 0 saturated carbocycles. The molecule has 0 aliphatic carbocycles. The first-order valence-electron chi connectivity index (χ1n) is 11.3. The highest BCUT2D eigenvalue weighted by Crippen LogP contribution is 2.33. The molecule has 0 N–H and O–H groups in total. The molecule has 0 amide bonds. The van der Waals surface area contributed by atoms with Crippen molar-refractivity contribution in [3.63, 3.8) is 0 Å². The fourth-order valence-electron chi connectivity index (χ4n) is 3.60. The van der Waals surface area contributed by atoms with Crippen LogP contribution in [0.2, 0.25) is 0 Å². The third-order valence-corrected chi connectivity index (χ3v) is 5.33. The Hall–Kier alpha value is -3.58. The van der Waals surface area contributed by atoms with E-state index >= 15 is 0 Å². The molecule has 0 heterocycles. The topological polar surface area (TPSA) is 59.3 Å².